The number of Topliss-reactive ketones (excluding diaryl/α,β-unsaturated/α-hetero) is 1. The number of halogens is 1. The van der Waals surface area contributed by atoms with Crippen LogP contribution in [-0.4, -0.2) is 15.7 Å². The van der Waals surface area contributed by atoms with Crippen molar-refractivity contribution >= 4 is 17.4 Å². The van der Waals surface area contributed by atoms with Crippen molar-refractivity contribution in [2.45, 2.75) is 5.00 Å². The van der Waals surface area contributed by atoms with Crippen molar-refractivity contribution in [1.82, 2.24) is 0 Å². The quantitative estimate of drug-likeness (QED) is 0.302. The summed E-state index contributed by atoms with van der Waals surface area (Å²) in [7, 11) is 0. The molecule has 1 aromatic carbocycles. The Hall–Kier alpha value is -1.98. The smallest absolute Gasteiger partial charge is 0.266 e. The van der Waals surface area contributed by atoms with E-state index in [2.05, 4.69) is 0 Å². The number of rotatable bonds is 3. The van der Waals surface area contributed by atoms with E-state index in [1.807, 2.05) is 0 Å². The van der Waals surface area contributed by atoms with E-state index in [1.54, 1.807) is 30.3 Å². The first kappa shape index (κ1) is 13.5. The summed E-state index contributed by atoms with van der Waals surface area (Å²) in [5.74, 6) is -1.32. The zero-order valence-electron chi connectivity index (χ0n) is 9.82. The maximum atomic E-state index is 12.3. The molecule has 98 valence electrons. The number of hydrogen-bond acceptors (Lipinski definition) is 4. The van der Waals surface area contributed by atoms with Gasteiger partial charge in [-0.3, -0.25) is 14.9 Å². The van der Waals surface area contributed by atoms with Gasteiger partial charge in [0.15, 0.2) is 5.78 Å². The maximum absolute atomic E-state index is 12.3. The Morgan fingerprint density at radius 3 is 2.58 bits per heavy atom. The summed E-state index contributed by atoms with van der Waals surface area (Å²) in [6.45, 7) is 0. The lowest BCUT2D eigenvalue weighted by Gasteiger charge is -2.27. The fourth-order valence-electron chi connectivity index (χ4n) is 1.85. The fraction of sp³-hybridized carbons (Fsp3) is 0.154. The van der Waals surface area contributed by atoms with Gasteiger partial charge >= 0.3 is 0 Å². The Labute approximate surface area is 114 Å². The Morgan fingerprint density at radius 2 is 2.00 bits per heavy atom. The van der Waals surface area contributed by atoms with Crippen molar-refractivity contribution in [3.8, 4) is 0 Å². The number of benzene rings is 1. The van der Waals surface area contributed by atoms with E-state index in [1.165, 1.54) is 18.2 Å². The van der Waals surface area contributed by atoms with Crippen LogP contribution in [0.5, 0.6) is 0 Å². The highest BCUT2D eigenvalue weighted by molar-refractivity contribution is 6.27. The normalized spacial score (nSPS) is 25.8. The molecule has 2 rings (SSSR count). The molecule has 2 N–H and O–H groups in total. The minimum Gasteiger partial charge on any atom is -0.309 e. The third kappa shape index (κ3) is 2.72. The van der Waals surface area contributed by atoms with Crippen molar-refractivity contribution in [1.29, 1.82) is 0 Å². The molecule has 0 aromatic heterocycles. The highest BCUT2D eigenvalue weighted by Crippen LogP contribution is 2.31. The van der Waals surface area contributed by atoms with Crippen LogP contribution in [0.1, 0.15) is 10.4 Å². The minimum absolute atomic E-state index is 0.184. The molecule has 2 atom stereocenters. The zero-order chi connectivity index (χ0) is 14.0. The van der Waals surface area contributed by atoms with Crippen molar-refractivity contribution in [3.05, 3.63) is 69.9 Å². The largest absolute Gasteiger partial charge is 0.309 e. The van der Waals surface area contributed by atoms with E-state index in [0.29, 0.717) is 5.56 Å². The van der Waals surface area contributed by atoms with Crippen LogP contribution in [-0.2, 0) is 0 Å². The minimum atomic E-state index is -1.45. The summed E-state index contributed by atoms with van der Waals surface area (Å²) in [5, 5.41) is 10.8. The molecule has 1 aliphatic rings. The second-order valence-electron chi connectivity index (χ2n) is 4.22. The third-order valence-corrected chi connectivity index (χ3v) is 3.24. The van der Waals surface area contributed by atoms with Gasteiger partial charge in [0.1, 0.15) is 5.00 Å². The SMILES string of the molecule is N[C@]1(Cl)C=CC([N+](=O)[O-])=C[C@H]1C(=O)c1ccccc1. The van der Waals surface area contributed by atoms with E-state index in [9.17, 15) is 14.9 Å². The third-order valence-electron chi connectivity index (χ3n) is 2.88. The number of allylic oxidation sites excluding steroid dienone is 1. The standard InChI is InChI=1S/C13H11ClN2O3/c14-13(15)7-6-10(16(18)19)8-11(13)12(17)9-4-2-1-3-5-9/h1-8,11H,15H2/t11-,13+/m0/s1. The monoisotopic (exact) mass is 278 g/mol. The van der Waals surface area contributed by atoms with Gasteiger partial charge in [-0.2, -0.15) is 0 Å². The number of carbonyl (C=O) groups excluding carboxylic acids is 1. The predicted molar refractivity (Wildman–Crippen MR) is 71.3 cm³/mol. The second-order valence-corrected chi connectivity index (χ2v) is 4.87. The van der Waals surface area contributed by atoms with Gasteiger partial charge in [-0.05, 0) is 6.08 Å². The average Bonchev–Trinajstić information content (AvgIpc) is 2.38. The van der Waals surface area contributed by atoms with Crippen LogP contribution < -0.4 is 5.73 Å². The van der Waals surface area contributed by atoms with E-state index in [-0.39, 0.29) is 11.5 Å². The molecule has 0 fully saturated rings. The van der Waals surface area contributed by atoms with Gasteiger partial charge in [0.2, 0.25) is 0 Å². The van der Waals surface area contributed by atoms with Gasteiger partial charge in [0, 0.05) is 17.7 Å². The highest BCUT2D eigenvalue weighted by atomic mass is 35.5. The molecule has 1 aliphatic carbocycles. The number of ketones is 1. The number of alkyl halides is 1. The molecule has 0 radical (unpaired) electrons. The predicted octanol–water partition coefficient (Wildman–Crippen LogP) is 2.11. The maximum Gasteiger partial charge on any atom is 0.266 e. The first-order valence-corrected chi connectivity index (χ1v) is 5.92. The summed E-state index contributed by atoms with van der Waals surface area (Å²) >= 11 is 6.06. The van der Waals surface area contributed by atoms with E-state index in [0.717, 1.165) is 0 Å². The Morgan fingerprint density at radius 1 is 1.37 bits per heavy atom. The summed E-state index contributed by atoms with van der Waals surface area (Å²) in [6, 6.07) is 8.42. The van der Waals surface area contributed by atoms with Crippen molar-refractivity contribution in [2.24, 2.45) is 11.7 Å². The second kappa shape index (κ2) is 4.95. The van der Waals surface area contributed by atoms with Gasteiger partial charge in [0.05, 0.1) is 10.8 Å². The molecule has 1 aromatic rings. The van der Waals surface area contributed by atoms with Gasteiger partial charge in [-0.15, -0.1) is 0 Å². The van der Waals surface area contributed by atoms with Gasteiger partial charge < -0.3 is 5.73 Å². The molecule has 0 heterocycles. The molecule has 0 saturated carbocycles. The molecular formula is C13H11ClN2O3. The summed E-state index contributed by atoms with van der Waals surface area (Å²) in [5.41, 5.74) is 6.04. The van der Waals surface area contributed by atoms with Crippen LogP contribution in [0.4, 0.5) is 0 Å². The topological polar surface area (TPSA) is 86.2 Å². The van der Waals surface area contributed by atoms with E-state index in [4.69, 9.17) is 17.3 Å². The number of hydrogen-bond donors (Lipinski definition) is 1. The molecule has 0 bridgehead atoms. The number of nitrogens with zero attached hydrogens (tertiary/aromatic N) is 1. The molecule has 0 amide bonds. The van der Waals surface area contributed by atoms with Crippen LogP contribution in [0.2, 0.25) is 0 Å². The average molecular weight is 279 g/mol. The fourth-order valence-corrected chi connectivity index (χ4v) is 2.08. The van der Waals surface area contributed by atoms with Crippen LogP contribution in [0.25, 0.3) is 0 Å². The van der Waals surface area contributed by atoms with Gasteiger partial charge in [-0.1, -0.05) is 41.9 Å². The van der Waals surface area contributed by atoms with Crippen molar-refractivity contribution < 1.29 is 9.72 Å². The molecular weight excluding hydrogens is 268 g/mol. The van der Waals surface area contributed by atoms with E-state index >= 15 is 0 Å². The first-order chi connectivity index (χ1) is 8.92. The lowest BCUT2D eigenvalue weighted by molar-refractivity contribution is -0.419. The van der Waals surface area contributed by atoms with Crippen LogP contribution in [0.15, 0.2) is 54.3 Å². The Balaban J connectivity index is 2.39. The van der Waals surface area contributed by atoms with Crippen molar-refractivity contribution in [3.63, 3.8) is 0 Å². The molecule has 0 unspecified atom stereocenters. The number of nitrogens with two attached hydrogens (primary N) is 1. The lowest BCUT2D eigenvalue weighted by atomic mass is 9.87. The van der Waals surface area contributed by atoms with Gasteiger partial charge in [-0.25, -0.2) is 0 Å². The molecule has 19 heavy (non-hydrogen) atoms. The van der Waals surface area contributed by atoms with Crippen LogP contribution in [0.3, 0.4) is 0 Å². The Kier molecular flexibility index (Phi) is 3.50. The molecule has 0 spiro atoms. The van der Waals surface area contributed by atoms with E-state index < -0.39 is 15.8 Å². The molecule has 6 heteroatoms. The van der Waals surface area contributed by atoms with Gasteiger partial charge in [0.25, 0.3) is 5.70 Å². The molecule has 0 aliphatic heterocycles. The summed E-state index contributed by atoms with van der Waals surface area (Å²) in [4.78, 5) is 21.1. The first-order valence-electron chi connectivity index (χ1n) is 5.54. The Bertz CT molecular complexity index is 579. The van der Waals surface area contributed by atoms with Crippen LogP contribution in [0, 0.1) is 16.0 Å². The summed E-state index contributed by atoms with van der Waals surface area (Å²) < 4.78 is 0. The van der Waals surface area contributed by atoms with Crippen LogP contribution >= 0.6 is 11.6 Å². The lowest BCUT2D eigenvalue weighted by Crippen LogP contribution is -2.44. The van der Waals surface area contributed by atoms with Crippen molar-refractivity contribution in [2.75, 3.05) is 0 Å². The molecule has 0 saturated heterocycles. The zero-order valence-corrected chi connectivity index (χ0v) is 10.6. The highest BCUT2D eigenvalue weighted by Gasteiger charge is 2.39. The summed E-state index contributed by atoms with van der Waals surface area (Å²) in [6.07, 6.45) is 3.68. The molecule has 5 nitrogen and oxygen atoms in total. The number of nitro groups is 1. The number of carbonyl (C=O) groups is 1.